The highest BCUT2D eigenvalue weighted by atomic mass is 16.6. The summed E-state index contributed by atoms with van der Waals surface area (Å²) < 4.78 is 11.8. The van der Waals surface area contributed by atoms with Gasteiger partial charge in [-0.1, -0.05) is 46.8 Å². The molecule has 1 saturated carbocycles. The van der Waals surface area contributed by atoms with E-state index in [9.17, 15) is 9.59 Å². The van der Waals surface area contributed by atoms with Gasteiger partial charge in [-0.3, -0.25) is 4.79 Å². The maximum Gasteiger partial charge on any atom is 0.356 e. The van der Waals surface area contributed by atoms with Crippen molar-refractivity contribution >= 4 is 11.9 Å². The number of ether oxygens (including phenoxy) is 2. The Kier molecular flexibility index (Phi) is 3.46. The van der Waals surface area contributed by atoms with E-state index in [1.165, 1.54) is 5.56 Å². The molecular weight excluding hydrogens is 328 g/mol. The molecule has 4 heteroatoms. The molecule has 2 fully saturated rings. The van der Waals surface area contributed by atoms with Gasteiger partial charge in [0, 0.05) is 11.0 Å². The first-order valence-corrected chi connectivity index (χ1v) is 9.66. The second kappa shape index (κ2) is 5.11. The number of rotatable bonds is 3. The lowest BCUT2D eigenvalue weighted by atomic mass is 9.66. The minimum atomic E-state index is -1.18. The van der Waals surface area contributed by atoms with Gasteiger partial charge in [0.25, 0.3) is 0 Å². The molecule has 26 heavy (non-hydrogen) atoms. The minimum Gasteiger partial charge on any atom is -0.446 e. The van der Waals surface area contributed by atoms with Gasteiger partial charge in [0.15, 0.2) is 0 Å². The van der Waals surface area contributed by atoms with Crippen LogP contribution in [0.2, 0.25) is 0 Å². The molecule has 1 aromatic carbocycles. The Hall–Kier alpha value is -1.84. The topological polar surface area (TPSA) is 52.6 Å². The summed E-state index contributed by atoms with van der Waals surface area (Å²) in [7, 11) is 0. The van der Waals surface area contributed by atoms with Crippen LogP contribution < -0.4 is 4.74 Å². The van der Waals surface area contributed by atoms with Gasteiger partial charge in [0.05, 0.1) is 5.41 Å². The van der Waals surface area contributed by atoms with Gasteiger partial charge in [-0.2, -0.15) is 0 Å². The largest absolute Gasteiger partial charge is 0.446 e. The van der Waals surface area contributed by atoms with Crippen molar-refractivity contribution in [3.05, 3.63) is 28.8 Å². The molecule has 0 amide bonds. The first kappa shape index (κ1) is 17.6. The molecular formula is C22H28O4. The summed E-state index contributed by atoms with van der Waals surface area (Å²) in [5, 5.41) is 0. The number of hydrogen-bond donors (Lipinski definition) is 0. The third-order valence-electron chi connectivity index (χ3n) is 7.57. The predicted octanol–water partition coefficient (Wildman–Crippen LogP) is 4.50. The zero-order chi connectivity index (χ0) is 19.1. The van der Waals surface area contributed by atoms with Crippen LogP contribution in [0.3, 0.4) is 0 Å². The fourth-order valence-electron chi connectivity index (χ4n) is 5.12. The molecule has 140 valence electrons. The SMILES string of the molecule is CC(C)c1ccc2c(c1OC(=O)[C@@]13CC[C@@](C)(C(=O)O1)C3(C)C)[C@H](C)C2. The molecule has 1 aliphatic heterocycles. The summed E-state index contributed by atoms with van der Waals surface area (Å²) in [5.74, 6) is 0.650. The van der Waals surface area contributed by atoms with Crippen molar-refractivity contribution in [1.82, 2.24) is 0 Å². The van der Waals surface area contributed by atoms with E-state index in [0.29, 0.717) is 24.5 Å². The Morgan fingerprint density at radius 2 is 1.92 bits per heavy atom. The number of carbonyl (C=O) groups is 2. The molecule has 0 radical (unpaired) electrons. The highest BCUT2D eigenvalue weighted by molar-refractivity contribution is 5.94. The monoisotopic (exact) mass is 356 g/mol. The maximum atomic E-state index is 13.4. The van der Waals surface area contributed by atoms with Gasteiger partial charge >= 0.3 is 11.9 Å². The van der Waals surface area contributed by atoms with E-state index < -0.39 is 22.4 Å². The second-order valence-electron chi connectivity index (χ2n) is 9.38. The number of hydrogen-bond acceptors (Lipinski definition) is 4. The van der Waals surface area contributed by atoms with E-state index in [0.717, 1.165) is 17.5 Å². The summed E-state index contributed by atoms with van der Waals surface area (Å²) >= 11 is 0. The van der Waals surface area contributed by atoms with Crippen molar-refractivity contribution in [2.24, 2.45) is 10.8 Å². The molecule has 0 spiro atoms. The van der Waals surface area contributed by atoms with Gasteiger partial charge in [-0.15, -0.1) is 0 Å². The van der Waals surface area contributed by atoms with Gasteiger partial charge in [0.2, 0.25) is 5.60 Å². The molecule has 2 aliphatic carbocycles. The molecule has 1 aromatic rings. The summed E-state index contributed by atoms with van der Waals surface area (Å²) in [6.07, 6.45) is 2.21. The Morgan fingerprint density at radius 3 is 2.42 bits per heavy atom. The highest BCUT2D eigenvalue weighted by Gasteiger charge is 2.76. The standard InChI is InChI=1S/C22H28O4/c1-12(2)15-8-7-14-11-13(3)16(14)17(15)25-19(24)22-10-9-21(6,18(23)26-22)20(22,4)5/h7-8,12-13H,9-11H2,1-6H3/t13-,21+,22-/m1/s1. The number of esters is 2. The van der Waals surface area contributed by atoms with E-state index in [1.54, 1.807) is 0 Å². The quantitative estimate of drug-likeness (QED) is 0.591. The van der Waals surface area contributed by atoms with Crippen LogP contribution in [0.5, 0.6) is 5.75 Å². The average molecular weight is 356 g/mol. The van der Waals surface area contributed by atoms with Crippen molar-refractivity contribution in [3.8, 4) is 5.75 Å². The van der Waals surface area contributed by atoms with E-state index in [4.69, 9.17) is 9.47 Å². The van der Waals surface area contributed by atoms with E-state index in [1.807, 2.05) is 20.8 Å². The molecule has 0 unspecified atom stereocenters. The smallest absolute Gasteiger partial charge is 0.356 e. The summed E-state index contributed by atoms with van der Waals surface area (Å²) in [5.41, 5.74) is 1.05. The van der Waals surface area contributed by atoms with Gasteiger partial charge in [-0.25, -0.2) is 4.79 Å². The number of fused-ring (bicyclic) bond motifs is 3. The lowest BCUT2D eigenvalue weighted by molar-refractivity contribution is -0.176. The van der Waals surface area contributed by atoms with E-state index in [-0.39, 0.29) is 11.9 Å². The fraction of sp³-hybridized carbons (Fsp3) is 0.636. The minimum absolute atomic E-state index is 0.251. The first-order chi connectivity index (χ1) is 12.0. The van der Waals surface area contributed by atoms with E-state index in [2.05, 4.69) is 32.9 Å². The highest BCUT2D eigenvalue weighted by Crippen LogP contribution is 2.66. The van der Waals surface area contributed by atoms with Crippen molar-refractivity contribution in [3.63, 3.8) is 0 Å². The number of benzene rings is 1. The lowest BCUT2D eigenvalue weighted by Gasteiger charge is -2.36. The Labute approximate surface area is 155 Å². The molecule has 3 aliphatic rings. The van der Waals surface area contributed by atoms with E-state index >= 15 is 0 Å². The third kappa shape index (κ3) is 1.85. The van der Waals surface area contributed by atoms with Crippen LogP contribution in [-0.2, 0) is 20.7 Å². The van der Waals surface area contributed by atoms with Gasteiger partial charge in [0.1, 0.15) is 5.75 Å². The van der Waals surface area contributed by atoms with Crippen LogP contribution in [0.15, 0.2) is 12.1 Å². The van der Waals surface area contributed by atoms with Crippen LogP contribution in [0.4, 0.5) is 0 Å². The molecule has 1 heterocycles. The van der Waals surface area contributed by atoms with Crippen LogP contribution in [-0.4, -0.2) is 17.5 Å². The number of carbonyl (C=O) groups excluding carboxylic acids is 2. The summed E-state index contributed by atoms with van der Waals surface area (Å²) in [4.78, 5) is 25.8. The van der Waals surface area contributed by atoms with Crippen LogP contribution >= 0.6 is 0 Å². The fourth-order valence-corrected chi connectivity index (χ4v) is 5.12. The van der Waals surface area contributed by atoms with Gasteiger partial charge in [-0.05, 0) is 49.1 Å². The van der Waals surface area contributed by atoms with Crippen LogP contribution in [0.1, 0.15) is 82.9 Å². The van der Waals surface area contributed by atoms with Crippen LogP contribution in [0, 0.1) is 10.8 Å². The molecule has 2 bridgehead atoms. The zero-order valence-electron chi connectivity index (χ0n) is 16.6. The Morgan fingerprint density at radius 1 is 1.23 bits per heavy atom. The molecule has 4 rings (SSSR count). The lowest BCUT2D eigenvalue weighted by Crippen LogP contribution is -2.50. The summed E-state index contributed by atoms with van der Waals surface area (Å²) in [6.45, 7) is 12.2. The third-order valence-corrected chi connectivity index (χ3v) is 7.57. The Bertz CT molecular complexity index is 822. The average Bonchev–Trinajstić information content (AvgIpc) is 2.83. The maximum absolute atomic E-state index is 13.4. The van der Waals surface area contributed by atoms with Crippen molar-refractivity contribution in [2.75, 3.05) is 0 Å². The second-order valence-corrected chi connectivity index (χ2v) is 9.38. The molecule has 0 aromatic heterocycles. The van der Waals surface area contributed by atoms with Crippen LogP contribution in [0.25, 0.3) is 0 Å². The van der Waals surface area contributed by atoms with Crippen molar-refractivity contribution < 1.29 is 19.1 Å². The van der Waals surface area contributed by atoms with Crippen molar-refractivity contribution in [2.45, 2.75) is 78.2 Å². The normalized spacial score (nSPS) is 33.7. The molecule has 1 saturated heterocycles. The molecule has 3 atom stereocenters. The zero-order valence-corrected chi connectivity index (χ0v) is 16.6. The molecule has 4 nitrogen and oxygen atoms in total. The Balaban J connectivity index is 1.75. The van der Waals surface area contributed by atoms with Gasteiger partial charge < -0.3 is 9.47 Å². The molecule has 0 N–H and O–H groups in total. The summed E-state index contributed by atoms with van der Waals surface area (Å²) in [6, 6.07) is 4.21. The predicted molar refractivity (Wildman–Crippen MR) is 98.2 cm³/mol. The van der Waals surface area contributed by atoms with Crippen molar-refractivity contribution in [1.29, 1.82) is 0 Å². The first-order valence-electron chi connectivity index (χ1n) is 9.66.